The fourth-order valence-electron chi connectivity index (χ4n) is 3.61. The van der Waals surface area contributed by atoms with Crippen LogP contribution in [-0.4, -0.2) is 39.1 Å². The van der Waals surface area contributed by atoms with Crippen LogP contribution in [0.25, 0.3) is 10.2 Å². The molecule has 0 fully saturated rings. The van der Waals surface area contributed by atoms with Crippen molar-refractivity contribution in [3.05, 3.63) is 82.7 Å². The molecule has 0 aliphatic carbocycles. The highest BCUT2D eigenvalue weighted by atomic mass is 32.2. The molecule has 0 radical (unpaired) electrons. The van der Waals surface area contributed by atoms with E-state index in [4.69, 9.17) is 9.47 Å². The average molecular weight is 540 g/mol. The fourth-order valence-corrected chi connectivity index (χ4v) is 5.75. The third-order valence-corrected chi connectivity index (χ3v) is 8.04. The second-order valence-corrected chi connectivity index (χ2v) is 10.7. The van der Waals surface area contributed by atoms with E-state index < -0.39 is 21.9 Å². The maximum absolute atomic E-state index is 13.1. The number of carbonyl (C=O) groups excluding carboxylic acids is 2. The zero-order valence-corrected chi connectivity index (χ0v) is 22.1. The fraction of sp³-hybridized carbons (Fsp3) is 0.192. The monoisotopic (exact) mass is 539 g/mol. The highest BCUT2D eigenvalue weighted by molar-refractivity contribution is 7.92. The molecule has 0 aliphatic rings. The third kappa shape index (κ3) is 5.89. The molecule has 1 heterocycles. The summed E-state index contributed by atoms with van der Waals surface area (Å²) >= 11 is 1.29. The minimum Gasteiger partial charge on any atom is -0.497 e. The first-order valence-corrected chi connectivity index (χ1v) is 13.6. The van der Waals surface area contributed by atoms with Crippen molar-refractivity contribution in [2.75, 3.05) is 18.9 Å². The SMILES string of the molecule is CCc1ccc2c(c1)sc(=NC(=O)c1cccc(NS(=O)(=O)c3ccc(OC)cc3)c1)n2CC(=O)OC. The Morgan fingerprint density at radius 2 is 1.78 bits per heavy atom. The number of aromatic nitrogens is 1. The van der Waals surface area contributed by atoms with Gasteiger partial charge >= 0.3 is 5.97 Å². The summed E-state index contributed by atoms with van der Waals surface area (Å²) in [5.74, 6) is -0.515. The van der Waals surface area contributed by atoms with Gasteiger partial charge in [0.05, 0.1) is 29.3 Å². The van der Waals surface area contributed by atoms with Gasteiger partial charge in [0, 0.05) is 11.3 Å². The maximum atomic E-state index is 13.1. The number of benzene rings is 3. The molecule has 0 saturated heterocycles. The minimum atomic E-state index is -3.89. The molecule has 1 amide bonds. The molecule has 4 aromatic rings. The smallest absolute Gasteiger partial charge is 0.325 e. The van der Waals surface area contributed by atoms with E-state index in [1.807, 2.05) is 25.1 Å². The van der Waals surface area contributed by atoms with Gasteiger partial charge in [-0.25, -0.2) is 8.42 Å². The number of ether oxygens (including phenoxy) is 2. The molecular formula is C26H25N3O6S2. The Morgan fingerprint density at radius 1 is 1.03 bits per heavy atom. The van der Waals surface area contributed by atoms with E-state index in [9.17, 15) is 18.0 Å². The number of rotatable bonds is 8. The van der Waals surface area contributed by atoms with Gasteiger partial charge < -0.3 is 14.0 Å². The molecule has 0 saturated carbocycles. The van der Waals surface area contributed by atoms with Gasteiger partial charge in [-0.2, -0.15) is 4.99 Å². The molecular weight excluding hydrogens is 514 g/mol. The topological polar surface area (TPSA) is 116 Å². The Kier molecular flexibility index (Phi) is 7.74. The lowest BCUT2D eigenvalue weighted by Crippen LogP contribution is -2.22. The van der Waals surface area contributed by atoms with Crippen LogP contribution in [0.15, 0.2) is 76.6 Å². The van der Waals surface area contributed by atoms with Gasteiger partial charge in [0.1, 0.15) is 12.3 Å². The number of methoxy groups -OCH3 is 2. The van der Waals surface area contributed by atoms with Gasteiger partial charge in [-0.15, -0.1) is 0 Å². The van der Waals surface area contributed by atoms with Crippen LogP contribution in [0.2, 0.25) is 0 Å². The van der Waals surface area contributed by atoms with Crippen molar-refractivity contribution in [2.45, 2.75) is 24.8 Å². The number of thiazole rings is 1. The normalized spacial score (nSPS) is 11.9. The lowest BCUT2D eigenvalue weighted by Gasteiger charge is -2.09. The van der Waals surface area contributed by atoms with Gasteiger partial charge in [0.2, 0.25) is 0 Å². The van der Waals surface area contributed by atoms with Crippen molar-refractivity contribution in [3.63, 3.8) is 0 Å². The van der Waals surface area contributed by atoms with Crippen molar-refractivity contribution in [3.8, 4) is 5.75 Å². The summed E-state index contributed by atoms with van der Waals surface area (Å²) in [4.78, 5) is 29.8. The van der Waals surface area contributed by atoms with Gasteiger partial charge in [-0.05, 0) is 66.6 Å². The maximum Gasteiger partial charge on any atom is 0.325 e. The van der Waals surface area contributed by atoms with Crippen LogP contribution in [-0.2, 0) is 32.5 Å². The molecule has 192 valence electrons. The van der Waals surface area contributed by atoms with E-state index in [-0.39, 0.29) is 22.7 Å². The third-order valence-electron chi connectivity index (χ3n) is 5.60. The van der Waals surface area contributed by atoms with E-state index in [0.717, 1.165) is 22.2 Å². The standard InChI is InChI=1S/C26H25N3O6S2/c1-4-17-8-13-22-23(14-17)36-26(29(22)16-24(30)35-3)27-25(31)18-6-5-7-19(15-18)28-37(32,33)21-11-9-20(34-2)10-12-21/h5-15,28H,4,16H2,1-3H3. The first-order chi connectivity index (χ1) is 17.7. The van der Waals surface area contributed by atoms with Crippen LogP contribution < -0.4 is 14.3 Å². The van der Waals surface area contributed by atoms with E-state index in [1.165, 1.54) is 43.8 Å². The predicted octanol–water partition coefficient (Wildman–Crippen LogP) is 3.99. The number of sulfonamides is 1. The van der Waals surface area contributed by atoms with Crippen LogP contribution in [0.5, 0.6) is 5.75 Å². The lowest BCUT2D eigenvalue weighted by atomic mass is 10.2. The van der Waals surface area contributed by atoms with Crippen LogP contribution >= 0.6 is 11.3 Å². The van der Waals surface area contributed by atoms with Crippen LogP contribution in [0, 0.1) is 0 Å². The summed E-state index contributed by atoms with van der Waals surface area (Å²) in [5.41, 5.74) is 2.28. The van der Waals surface area contributed by atoms with Crippen LogP contribution in [0.3, 0.4) is 0 Å². The molecule has 0 atom stereocenters. The molecule has 0 unspecified atom stereocenters. The number of aryl methyl sites for hydroxylation is 1. The van der Waals surface area contributed by atoms with E-state index in [0.29, 0.717) is 10.6 Å². The Balaban J connectivity index is 1.67. The first-order valence-electron chi connectivity index (χ1n) is 11.3. The van der Waals surface area contributed by atoms with Gasteiger partial charge in [-0.3, -0.25) is 14.3 Å². The zero-order chi connectivity index (χ0) is 26.6. The summed E-state index contributed by atoms with van der Waals surface area (Å²) in [5, 5.41) is 0. The number of amides is 1. The van der Waals surface area contributed by atoms with Crippen molar-refractivity contribution in [2.24, 2.45) is 4.99 Å². The Hall–Kier alpha value is -3.96. The Morgan fingerprint density at radius 3 is 2.46 bits per heavy atom. The first kappa shape index (κ1) is 26.1. The van der Waals surface area contributed by atoms with E-state index in [2.05, 4.69) is 9.71 Å². The molecule has 3 aromatic carbocycles. The molecule has 4 rings (SSSR count). The number of anilines is 1. The predicted molar refractivity (Wildman–Crippen MR) is 141 cm³/mol. The van der Waals surface area contributed by atoms with E-state index in [1.54, 1.807) is 34.9 Å². The minimum absolute atomic E-state index is 0.0512. The summed E-state index contributed by atoms with van der Waals surface area (Å²) in [6.45, 7) is 1.94. The highest BCUT2D eigenvalue weighted by Crippen LogP contribution is 2.22. The van der Waals surface area contributed by atoms with Crippen LogP contribution in [0.1, 0.15) is 22.8 Å². The number of esters is 1. The van der Waals surface area contributed by atoms with Crippen molar-refractivity contribution in [1.82, 2.24) is 4.57 Å². The average Bonchev–Trinajstić information content (AvgIpc) is 3.23. The largest absolute Gasteiger partial charge is 0.497 e. The molecule has 1 N–H and O–H groups in total. The Labute approximate surface area is 218 Å². The second kappa shape index (κ2) is 11.0. The number of nitrogens with zero attached hydrogens (tertiary/aromatic N) is 2. The Bertz CT molecular complexity index is 1640. The quantitative estimate of drug-likeness (QED) is 0.339. The highest BCUT2D eigenvalue weighted by Gasteiger charge is 2.16. The molecule has 0 spiro atoms. The van der Waals surface area contributed by atoms with Crippen molar-refractivity contribution < 1.29 is 27.5 Å². The number of carbonyl (C=O) groups is 2. The zero-order valence-electron chi connectivity index (χ0n) is 20.4. The number of nitrogens with one attached hydrogen (secondary N) is 1. The van der Waals surface area contributed by atoms with Crippen molar-refractivity contribution >= 4 is 49.1 Å². The van der Waals surface area contributed by atoms with Gasteiger partial charge in [0.15, 0.2) is 4.80 Å². The van der Waals surface area contributed by atoms with Gasteiger partial charge in [0.25, 0.3) is 15.9 Å². The lowest BCUT2D eigenvalue weighted by molar-refractivity contribution is -0.141. The van der Waals surface area contributed by atoms with Gasteiger partial charge in [-0.1, -0.05) is 30.4 Å². The number of fused-ring (bicyclic) bond motifs is 1. The number of hydrogen-bond acceptors (Lipinski definition) is 7. The van der Waals surface area contributed by atoms with Crippen LogP contribution in [0.4, 0.5) is 5.69 Å². The molecule has 9 nitrogen and oxygen atoms in total. The summed E-state index contributed by atoms with van der Waals surface area (Å²) in [7, 11) is -1.10. The summed E-state index contributed by atoms with van der Waals surface area (Å²) < 4.78 is 40.5. The molecule has 0 bridgehead atoms. The molecule has 0 aliphatic heterocycles. The molecule has 1 aromatic heterocycles. The number of hydrogen-bond donors (Lipinski definition) is 1. The van der Waals surface area contributed by atoms with E-state index >= 15 is 0 Å². The summed E-state index contributed by atoms with van der Waals surface area (Å²) in [6, 6.07) is 17.9. The molecule has 37 heavy (non-hydrogen) atoms. The second-order valence-electron chi connectivity index (χ2n) is 7.98. The summed E-state index contributed by atoms with van der Waals surface area (Å²) in [6.07, 6.45) is 0.843. The van der Waals surface area contributed by atoms with Crippen molar-refractivity contribution in [1.29, 1.82) is 0 Å². The molecule has 11 heteroatoms.